The summed E-state index contributed by atoms with van der Waals surface area (Å²) in [6.07, 6.45) is 0.715. The zero-order valence-corrected chi connectivity index (χ0v) is 19.3. The van der Waals surface area contributed by atoms with E-state index < -0.39 is 27.5 Å². The van der Waals surface area contributed by atoms with E-state index in [9.17, 15) is 17.6 Å². The van der Waals surface area contributed by atoms with Crippen molar-refractivity contribution in [3.8, 4) is 11.3 Å². The number of furan rings is 1. The van der Waals surface area contributed by atoms with Gasteiger partial charge in [0, 0.05) is 29.6 Å². The fourth-order valence-electron chi connectivity index (χ4n) is 4.15. The molecule has 4 rings (SSSR count). The van der Waals surface area contributed by atoms with Gasteiger partial charge in [0.1, 0.15) is 17.2 Å². The molecule has 0 fully saturated rings. The van der Waals surface area contributed by atoms with Crippen molar-refractivity contribution in [2.75, 3.05) is 24.2 Å². The summed E-state index contributed by atoms with van der Waals surface area (Å²) in [6, 6.07) is 9.01. The number of amides is 1. The molecule has 1 aliphatic rings. The third kappa shape index (κ3) is 3.86. The van der Waals surface area contributed by atoms with Gasteiger partial charge < -0.3 is 14.5 Å². The molecular weight excluding hydrogens is 435 g/mol. The van der Waals surface area contributed by atoms with Crippen molar-refractivity contribution in [1.82, 2.24) is 5.32 Å². The number of rotatable bonds is 3. The van der Waals surface area contributed by atoms with Crippen LogP contribution < -0.4 is 9.62 Å². The molecule has 0 spiro atoms. The van der Waals surface area contributed by atoms with Gasteiger partial charge in [-0.3, -0.25) is 9.10 Å². The van der Waals surface area contributed by atoms with Crippen LogP contribution in [0, 0.1) is 5.82 Å². The molecule has 2 heterocycles. The van der Waals surface area contributed by atoms with Crippen molar-refractivity contribution in [3.63, 3.8) is 0 Å². The Kier molecular flexibility index (Phi) is 5.29. The van der Waals surface area contributed by atoms with Crippen molar-refractivity contribution >= 4 is 32.6 Å². The summed E-state index contributed by atoms with van der Waals surface area (Å²) in [5, 5.41) is 3.14. The Morgan fingerprint density at radius 3 is 2.47 bits per heavy atom. The first-order valence-electron chi connectivity index (χ1n) is 10.2. The molecule has 0 saturated carbocycles. The third-order valence-electron chi connectivity index (χ3n) is 5.53. The standard InChI is InChI=1S/C23H25FN2O5S/c1-13-16-10-17-19(11-18(16)26(32(5,28)29)12-23(2,3)31-13)30-21(20(17)22(27)25-4)14-6-8-15(24)9-7-14/h6-11,13H,12H2,1-5H3,(H,25,27)/t13-/m1/s1. The van der Waals surface area contributed by atoms with Crippen molar-refractivity contribution in [2.45, 2.75) is 32.5 Å². The average molecular weight is 461 g/mol. The zero-order chi connectivity index (χ0) is 23.4. The lowest BCUT2D eigenvalue weighted by Gasteiger charge is -2.30. The Hall–Kier alpha value is -2.91. The van der Waals surface area contributed by atoms with Gasteiger partial charge in [0.2, 0.25) is 10.0 Å². The third-order valence-corrected chi connectivity index (χ3v) is 6.65. The summed E-state index contributed by atoms with van der Waals surface area (Å²) >= 11 is 0. The molecule has 1 aromatic heterocycles. The average Bonchev–Trinajstić information content (AvgIpc) is 3.03. The van der Waals surface area contributed by atoms with Gasteiger partial charge >= 0.3 is 0 Å². The molecule has 170 valence electrons. The Morgan fingerprint density at radius 1 is 1.22 bits per heavy atom. The maximum atomic E-state index is 13.4. The monoisotopic (exact) mass is 460 g/mol. The fraction of sp³-hybridized carbons (Fsp3) is 0.348. The van der Waals surface area contributed by atoms with Crippen molar-refractivity contribution in [1.29, 1.82) is 0 Å². The second-order valence-electron chi connectivity index (χ2n) is 8.59. The highest BCUT2D eigenvalue weighted by atomic mass is 32.2. The molecule has 2 aromatic carbocycles. The molecule has 7 nitrogen and oxygen atoms in total. The Balaban J connectivity index is 2.03. The maximum Gasteiger partial charge on any atom is 0.255 e. The number of ether oxygens (including phenoxy) is 1. The van der Waals surface area contributed by atoms with Crippen LogP contribution in [0.5, 0.6) is 0 Å². The molecule has 32 heavy (non-hydrogen) atoms. The van der Waals surface area contributed by atoms with Crippen LogP contribution in [0.25, 0.3) is 22.3 Å². The van der Waals surface area contributed by atoms with Crippen molar-refractivity contribution in [2.24, 2.45) is 0 Å². The number of hydrogen-bond acceptors (Lipinski definition) is 5. The van der Waals surface area contributed by atoms with E-state index in [0.29, 0.717) is 33.3 Å². The van der Waals surface area contributed by atoms with Gasteiger partial charge in [-0.2, -0.15) is 0 Å². The number of nitrogens with one attached hydrogen (secondary N) is 1. The number of carbonyl (C=O) groups is 1. The Bertz CT molecular complexity index is 1310. The number of halogens is 1. The number of carbonyl (C=O) groups excluding carboxylic acids is 1. The second-order valence-corrected chi connectivity index (χ2v) is 10.5. The molecule has 1 N–H and O–H groups in total. The first kappa shape index (κ1) is 22.3. The predicted molar refractivity (Wildman–Crippen MR) is 121 cm³/mol. The van der Waals surface area contributed by atoms with Crippen LogP contribution in [0.1, 0.15) is 42.8 Å². The van der Waals surface area contributed by atoms with Crippen molar-refractivity contribution < 1.29 is 26.8 Å². The quantitative estimate of drug-likeness (QED) is 0.632. The molecule has 9 heteroatoms. The SMILES string of the molecule is CNC(=O)c1c(-c2ccc(F)cc2)oc2cc3c(cc12)[C@@H](C)OC(C)(C)CN3S(C)(=O)=O. The van der Waals surface area contributed by atoms with Crippen LogP contribution in [-0.2, 0) is 14.8 Å². The highest BCUT2D eigenvalue weighted by Gasteiger charge is 2.37. The predicted octanol–water partition coefficient (Wildman–Crippen LogP) is 4.23. The fourth-order valence-corrected chi connectivity index (χ4v) is 5.21. The van der Waals surface area contributed by atoms with Crippen LogP contribution in [0.3, 0.4) is 0 Å². The van der Waals surface area contributed by atoms with Crippen LogP contribution in [0.15, 0.2) is 40.8 Å². The van der Waals surface area contributed by atoms with E-state index in [-0.39, 0.29) is 18.2 Å². The molecule has 0 radical (unpaired) electrons. The van der Waals surface area contributed by atoms with E-state index in [1.165, 1.54) is 35.6 Å². The summed E-state index contributed by atoms with van der Waals surface area (Å²) in [7, 11) is -2.10. The normalized spacial score (nSPS) is 18.3. The first-order valence-corrected chi connectivity index (χ1v) is 12.0. The van der Waals surface area contributed by atoms with Crippen LogP contribution in [-0.4, -0.2) is 39.8 Å². The Labute approximate surface area is 186 Å². The minimum absolute atomic E-state index is 0.127. The largest absolute Gasteiger partial charge is 0.455 e. The number of benzene rings is 2. The summed E-state index contributed by atoms with van der Waals surface area (Å²) in [4.78, 5) is 12.8. The minimum Gasteiger partial charge on any atom is -0.455 e. The number of sulfonamides is 1. The number of hydrogen-bond donors (Lipinski definition) is 1. The maximum absolute atomic E-state index is 13.4. The van der Waals surface area contributed by atoms with E-state index in [1.54, 1.807) is 12.1 Å². The van der Waals surface area contributed by atoms with E-state index in [2.05, 4.69) is 5.32 Å². The van der Waals surface area contributed by atoms with Crippen LogP contribution in [0.2, 0.25) is 0 Å². The summed E-state index contributed by atoms with van der Waals surface area (Å²) < 4.78 is 52.3. The molecular formula is C23H25FN2O5S. The van der Waals surface area contributed by atoms with Gasteiger partial charge in [-0.15, -0.1) is 0 Å². The van der Waals surface area contributed by atoms with E-state index in [4.69, 9.17) is 9.15 Å². The molecule has 3 aromatic rings. The van der Waals surface area contributed by atoms with Crippen molar-refractivity contribution in [3.05, 3.63) is 53.3 Å². The highest BCUT2D eigenvalue weighted by Crippen LogP contribution is 2.43. The number of anilines is 1. The molecule has 1 aliphatic heterocycles. The van der Waals surface area contributed by atoms with Gasteiger partial charge in [0.05, 0.1) is 35.8 Å². The number of nitrogens with zero attached hydrogens (tertiary/aromatic N) is 1. The molecule has 1 atom stereocenters. The summed E-state index contributed by atoms with van der Waals surface area (Å²) in [5.41, 5.74) is 1.51. The lowest BCUT2D eigenvalue weighted by molar-refractivity contribution is -0.0542. The molecule has 0 unspecified atom stereocenters. The smallest absolute Gasteiger partial charge is 0.255 e. The number of fused-ring (bicyclic) bond motifs is 2. The van der Waals surface area contributed by atoms with Gasteiger partial charge in [0.15, 0.2) is 0 Å². The second kappa shape index (κ2) is 7.60. The lowest BCUT2D eigenvalue weighted by Crippen LogP contribution is -2.42. The van der Waals surface area contributed by atoms with Crippen LogP contribution >= 0.6 is 0 Å². The first-order chi connectivity index (χ1) is 14.9. The van der Waals surface area contributed by atoms with Crippen LogP contribution in [0.4, 0.5) is 10.1 Å². The van der Waals surface area contributed by atoms with E-state index in [1.807, 2.05) is 20.8 Å². The minimum atomic E-state index is -3.62. The lowest BCUT2D eigenvalue weighted by atomic mass is 10.0. The molecule has 1 amide bonds. The topological polar surface area (TPSA) is 88.8 Å². The van der Waals surface area contributed by atoms with Gasteiger partial charge in [-0.25, -0.2) is 12.8 Å². The zero-order valence-electron chi connectivity index (χ0n) is 18.5. The van der Waals surface area contributed by atoms with Gasteiger partial charge in [-0.1, -0.05) is 0 Å². The highest BCUT2D eigenvalue weighted by molar-refractivity contribution is 7.92. The summed E-state index contributed by atoms with van der Waals surface area (Å²) in [5.74, 6) is -0.500. The van der Waals surface area contributed by atoms with Gasteiger partial charge in [-0.05, 0) is 51.1 Å². The molecule has 0 aliphatic carbocycles. The molecule has 0 saturated heterocycles. The summed E-state index contributed by atoms with van der Waals surface area (Å²) in [6.45, 7) is 5.64. The Morgan fingerprint density at radius 2 is 1.88 bits per heavy atom. The molecule has 0 bridgehead atoms. The van der Waals surface area contributed by atoms with E-state index >= 15 is 0 Å². The van der Waals surface area contributed by atoms with E-state index in [0.717, 1.165) is 6.26 Å². The van der Waals surface area contributed by atoms with Gasteiger partial charge in [0.25, 0.3) is 5.91 Å².